The quantitative estimate of drug-likeness (QED) is 0.604. The fourth-order valence-corrected chi connectivity index (χ4v) is 2.82. The number of likely N-dealkylation sites (N-methyl/N-ethyl adjacent to an activating group) is 2. The average molecular weight is 416 g/mol. The Morgan fingerprint density at radius 1 is 0.900 bits per heavy atom. The summed E-state index contributed by atoms with van der Waals surface area (Å²) in [5.41, 5.74) is 1.34. The topological polar surface area (TPSA) is 116 Å². The minimum atomic E-state index is -1.08. The molecule has 0 radical (unpaired) electrons. The fourth-order valence-electron chi connectivity index (χ4n) is 2.82. The lowest BCUT2D eigenvalue weighted by molar-refractivity contribution is -0.143. The number of nitrogens with zero attached hydrogens (tertiary/aromatic N) is 1. The second-order valence-corrected chi connectivity index (χ2v) is 6.15. The van der Waals surface area contributed by atoms with Gasteiger partial charge in [-0.05, 0) is 24.6 Å². The smallest absolute Gasteiger partial charge is 0.410 e. The van der Waals surface area contributed by atoms with E-state index in [4.69, 9.17) is 5.11 Å². The van der Waals surface area contributed by atoms with Crippen molar-refractivity contribution in [2.24, 2.45) is 0 Å². The number of hydrogen-bond acceptors (Lipinski definition) is 5. The number of nitrogens with one attached hydrogen (secondary N) is 1. The summed E-state index contributed by atoms with van der Waals surface area (Å²) < 4.78 is 4.58. The molecule has 0 aliphatic rings. The van der Waals surface area contributed by atoms with E-state index in [9.17, 15) is 19.5 Å². The highest BCUT2D eigenvalue weighted by Crippen LogP contribution is 2.21. The molecule has 2 rings (SSSR count). The molecule has 0 fully saturated rings. The number of carbonyl (C=O) groups excluding carboxylic acids is 1. The summed E-state index contributed by atoms with van der Waals surface area (Å²) >= 11 is 0. The normalized spacial score (nSPS) is 12.0. The van der Waals surface area contributed by atoms with Crippen LogP contribution in [0.1, 0.15) is 37.1 Å². The Bertz CT molecular complexity index is 798. The Hall–Kier alpha value is -3.39. The minimum absolute atomic E-state index is 0.262. The Morgan fingerprint density at radius 2 is 1.40 bits per heavy atom. The molecule has 162 valence electrons. The van der Waals surface area contributed by atoms with Crippen LogP contribution in [0, 0.1) is 0 Å². The number of amides is 1. The number of ether oxygens (including phenoxy) is 1. The number of carboxylic acids is 2. The van der Waals surface area contributed by atoms with Gasteiger partial charge >= 0.3 is 18.0 Å². The van der Waals surface area contributed by atoms with Crippen molar-refractivity contribution in [1.82, 2.24) is 10.2 Å². The fraction of sp³-hybridized carbons (Fsp3) is 0.318. The molecular weight excluding hydrogens is 388 g/mol. The molecule has 2 aromatic carbocycles. The maximum absolute atomic E-state index is 11.5. The number of methoxy groups -OCH3 is 1. The lowest BCUT2D eigenvalue weighted by Gasteiger charge is -2.26. The van der Waals surface area contributed by atoms with Crippen molar-refractivity contribution in [1.29, 1.82) is 0 Å². The van der Waals surface area contributed by atoms with Crippen molar-refractivity contribution in [3.63, 3.8) is 0 Å². The zero-order valence-electron chi connectivity index (χ0n) is 17.3. The molecule has 0 aromatic heterocycles. The SMILES string of the molecule is CCN(C(=O)OC)C(C(=O)O)c1ccccc1.CCNC(C(=O)O)c1ccccc1. The largest absolute Gasteiger partial charge is 0.480 e. The minimum Gasteiger partial charge on any atom is -0.480 e. The van der Waals surface area contributed by atoms with Gasteiger partial charge in [0.15, 0.2) is 6.04 Å². The standard InChI is InChI=1S/C12H15NO4.C10H13NO2/c1-3-13(12(16)17-2)10(11(14)15)9-7-5-4-6-8-9;1-2-11-9(10(12)13)8-6-4-3-5-7-8/h4-8,10H,3H2,1-2H3,(H,14,15);3-7,9,11H,2H2,1H3,(H,12,13). The van der Waals surface area contributed by atoms with Crippen molar-refractivity contribution in [2.45, 2.75) is 25.9 Å². The maximum Gasteiger partial charge on any atom is 0.410 e. The van der Waals surface area contributed by atoms with Gasteiger partial charge in [0.1, 0.15) is 6.04 Å². The summed E-state index contributed by atoms with van der Waals surface area (Å²) in [5, 5.41) is 21.0. The van der Waals surface area contributed by atoms with Gasteiger partial charge in [0.2, 0.25) is 0 Å². The van der Waals surface area contributed by atoms with Gasteiger partial charge in [-0.15, -0.1) is 0 Å². The van der Waals surface area contributed by atoms with Gasteiger partial charge in [-0.1, -0.05) is 67.6 Å². The average Bonchev–Trinajstić information content (AvgIpc) is 2.76. The first-order chi connectivity index (χ1) is 14.4. The van der Waals surface area contributed by atoms with Crippen LogP contribution in [0.4, 0.5) is 4.79 Å². The number of carboxylic acid groups (broad SMARTS) is 2. The zero-order chi connectivity index (χ0) is 22.5. The molecule has 0 saturated heterocycles. The van der Waals surface area contributed by atoms with Crippen LogP contribution < -0.4 is 5.32 Å². The van der Waals surface area contributed by atoms with Gasteiger partial charge in [-0.3, -0.25) is 9.69 Å². The third-order valence-electron chi connectivity index (χ3n) is 4.20. The van der Waals surface area contributed by atoms with Crippen LogP contribution in [-0.4, -0.2) is 53.3 Å². The monoisotopic (exact) mass is 416 g/mol. The Morgan fingerprint density at radius 3 is 1.77 bits per heavy atom. The Balaban J connectivity index is 0.000000311. The molecule has 1 amide bonds. The molecule has 0 saturated carbocycles. The van der Waals surface area contributed by atoms with Crippen LogP contribution >= 0.6 is 0 Å². The second-order valence-electron chi connectivity index (χ2n) is 6.15. The van der Waals surface area contributed by atoms with Crippen molar-refractivity contribution in [3.8, 4) is 0 Å². The van der Waals surface area contributed by atoms with Crippen LogP contribution in [-0.2, 0) is 14.3 Å². The van der Waals surface area contributed by atoms with Gasteiger partial charge in [-0.25, -0.2) is 9.59 Å². The van der Waals surface area contributed by atoms with Crippen LogP contribution in [0.3, 0.4) is 0 Å². The molecule has 2 unspecified atom stereocenters. The molecule has 0 heterocycles. The van der Waals surface area contributed by atoms with E-state index < -0.39 is 30.1 Å². The number of aliphatic carboxylic acids is 2. The third kappa shape index (κ3) is 7.21. The number of benzene rings is 2. The Kier molecular flexibility index (Phi) is 10.6. The molecule has 2 atom stereocenters. The summed E-state index contributed by atoms with van der Waals surface area (Å²) in [7, 11) is 1.23. The van der Waals surface area contributed by atoms with E-state index in [0.717, 1.165) is 10.5 Å². The summed E-state index contributed by atoms with van der Waals surface area (Å²) in [6, 6.07) is 16.1. The molecule has 8 nitrogen and oxygen atoms in total. The van der Waals surface area contributed by atoms with E-state index in [2.05, 4.69) is 10.1 Å². The lowest BCUT2D eigenvalue weighted by atomic mass is 10.1. The van der Waals surface area contributed by atoms with E-state index in [1.54, 1.807) is 49.4 Å². The Labute approximate surface area is 176 Å². The first-order valence-electron chi connectivity index (χ1n) is 9.50. The molecule has 3 N–H and O–H groups in total. The molecule has 0 spiro atoms. The predicted molar refractivity (Wildman–Crippen MR) is 112 cm³/mol. The molecule has 30 heavy (non-hydrogen) atoms. The van der Waals surface area contributed by atoms with E-state index in [-0.39, 0.29) is 6.54 Å². The summed E-state index contributed by atoms with van der Waals surface area (Å²) in [6.07, 6.45) is -0.649. The van der Waals surface area contributed by atoms with Crippen LogP contribution in [0.15, 0.2) is 60.7 Å². The van der Waals surface area contributed by atoms with E-state index in [1.165, 1.54) is 7.11 Å². The highest BCUT2D eigenvalue weighted by Gasteiger charge is 2.30. The first kappa shape index (κ1) is 24.6. The van der Waals surface area contributed by atoms with Crippen molar-refractivity contribution in [2.75, 3.05) is 20.2 Å². The third-order valence-corrected chi connectivity index (χ3v) is 4.20. The summed E-state index contributed by atoms with van der Waals surface area (Å²) in [6.45, 7) is 4.50. The van der Waals surface area contributed by atoms with Crippen LogP contribution in [0.5, 0.6) is 0 Å². The highest BCUT2D eigenvalue weighted by molar-refractivity contribution is 5.81. The van der Waals surface area contributed by atoms with Gasteiger partial charge in [0, 0.05) is 6.54 Å². The maximum atomic E-state index is 11.5. The summed E-state index contributed by atoms with van der Waals surface area (Å²) in [5.74, 6) is -1.92. The molecule has 8 heteroatoms. The predicted octanol–water partition coefficient (Wildman–Crippen LogP) is 3.32. The van der Waals surface area contributed by atoms with Crippen LogP contribution in [0.25, 0.3) is 0 Å². The lowest BCUT2D eigenvalue weighted by Crippen LogP contribution is -2.38. The van der Waals surface area contributed by atoms with E-state index in [1.807, 2.05) is 25.1 Å². The molecular formula is C22H28N2O6. The van der Waals surface area contributed by atoms with Crippen LogP contribution in [0.2, 0.25) is 0 Å². The van der Waals surface area contributed by atoms with E-state index >= 15 is 0 Å². The van der Waals surface area contributed by atoms with Gasteiger partial charge in [0.25, 0.3) is 0 Å². The highest BCUT2D eigenvalue weighted by atomic mass is 16.5. The number of rotatable bonds is 8. The molecule has 0 bridgehead atoms. The second kappa shape index (κ2) is 12.9. The van der Waals surface area contributed by atoms with Gasteiger partial charge in [-0.2, -0.15) is 0 Å². The molecule has 0 aliphatic carbocycles. The summed E-state index contributed by atoms with van der Waals surface area (Å²) in [4.78, 5) is 34.8. The number of hydrogen-bond donors (Lipinski definition) is 3. The van der Waals surface area contributed by atoms with Gasteiger partial charge in [0.05, 0.1) is 7.11 Å². The van der Waals surface area contributed by atoms with Crippen molar-refractivity contribution in [3.05, 3.63) is 71.8 Å². The van der Waals surface area contributed by atoms with Crippen molar-refractivity contribution >= 4 is 18.0 Å². The molecule has 2 aromatic rings. The zero-order valence-corrected chi connectivity index (χ0v) is 17.3. The van der Waals surface area contributed by atoms with Crippen molar-refractivity contribution < 1.29 is 29.3 Å². The van der Waals surface area contributed by atoms with Gasteiger partial charge < -0.3 is 20.3 Å². The molecule has 0 aliphatic heterocycles. The van der Waals surface area contributed by atoms with E-state index in [0.29, 0.717) is 12.1 Å². The number of carbonyl (C=O) groups is 3. The first-order valence-corrected chi connectivity index (χ1v) is 9.50.